The molecule has 3 N–H and O–H groups in total. The summed E-state index contributed by atoms with van der Waals surface area (Å²) in [4.78, 5) is 6.49. The van der Waals surface area contributed by atoms with Crippen LogP contribution in [0, 0.1) is 0 Å². The smallest absolute Gasteiger partial charge is 0.271 e. The van der Waals surface area contributed by atoms with Crippen molar-refractivity contribution in [1.29, 1.82) is 0 Å². The quantitative estimate of drug-likeness (QED) is 0.822. The highest BCUT2D eigenvalue weighted by atomic mass is 32.2. The number of benzene rings is 1. The van der Waals surface area contributed by atoms with Crippen LogP contribution in [0.3, 0.4) is 0 Å². The second kappa shape index (κ2) is 3.76. The molecule has 0 bridgehead atoms. The van der Waals surface area contributed by atoms with Crippen molar-refractivity contribution in [1.82, 2.24) is 9.97 Å². The molecule has 2 rings (SSSR count). The van der Waals surface area contributed by atoms with Gasteiger partial charge in [0.1, 0.15) is 5.75 Å². The van der Waals surface area contributed by atoms with Gasteiger partial charge < -0.3 is 9.72 Å². The van der Waals surface area contributed by atoms with Crippen LogP contribution in [-0.2, 0) is 10.0 Å². The van der Waals surface area contributed by atoms with Crippen molar-refractivity contribution in [2.24, 2.45) is 5.14 Å². The molecule has 0 aliphatic carbocycles. The van der Waals surface area contributed by atoms with E-state index in [0.717, 1.165) is 0 Å². The van der Waals surface area contributed by atoms with Crippen molar-refractivity contribution in [3.63, 3.8) is 0 Å². The van der Waals surface area contributed by atoms with Crippen molar-refractivity contribution in [2.45, 2.75) is 12.1 Å². The zero-order chi connectivity index (χ0) is 11.8. The molecule has 0 unspecified atom stereocenters. The second-order valence-corrected chi connectivity index (χ2v) is 4.68. The van der Waals surface area contributed by atoms with Gasteiger partial charge in [-0.3, -0.25) is 0 Å². The number of primary sulfonamides is 1. The highest BCUT2D eigenvalue weighted by molar-refractivity contribution is 7.89. The lowest BCUT2D eigenvalue weighted by Crippen LogP contribution is -2.13. The second-order valence-electron chi connectivity index (χ2n) is 3.20. The molecule has 86 valence electrons. The maximum absolute atomic E-state index is 11.1. The first-order valence-electron chi connectivity index (χ1n) is 4.66. The number of imidazole rings is 1. The van der Waals surface area contributed by atoms with Crippen molar-refractivity contribution in [3.8, 4) is 5.75 Å². The lowest BCUT2D eigenvalue weighted by molar-refractivity contribution is 0.340. The van der Waals surface area contributed by atoms with Crippen LogP contribution in [0.5, 0.6) is 5.75 Å². The molecule has 1 aromatic heterocycles. The van der Waals surface area contributed by atoms with Gasteiger partial charge in [-0.05, 0) is 19.1 Å². The molecule has 0 saturated heterocycles. The summed E-state index contributed by atoms with van der Waals surface area (Å²) in [5.41, 5.74) is 1.11. The third-order valence-electron chi connectivity index (χ3n) is 2.01. The van der Waals surface area contributed by atoms with Crippen molar-refractivity contribution in [2.75, 3.05) is 6.61 Å². The van der Waals surface area contributed by atoms with Crippen LogP contribution in [0.15, 0.2) is 23.4 Å². The minimum Gasteiger partial charge on any atom is -0.494 e. The Morgan fingerprint density at radius 1 is 1.50 bits per heavy atom. The minimum absolute atomic E-state index is 0.240. The molecule has 0 saturated carbocycles. The van der Waals surface area contributed by atoms with Gasteiger partial charge in [0, 0.05) is 6.07 Å². The number of hydrogen-bond donors (Lipinski definition) is 2. The number of nitrogens with two attached hydrogens (primary N) is 1. The SMILES string of the molecule is CCOc1ccc2nc(S(N)(=O)=O)[nH]c2c1. The molecular weight excluding hydrogens is 230 g/mol. The first kappa shape index (κ1) is 10.9. The average Bonchev–Trinajstić information content (AvgIpc) is 2.60. The highest BCUT2D eigenvalue weighted by Crippen LogP contribution is 2.20. The summed E-state index contributed by atoms with van der Waals surface area (Å²) in [6.45, 7) is 2.41. The summed E-state index contributed by atoms with van der Waals surface area (Å²) in [5.74, 6) is 0.652. The molecule has 0 aliphatic rings. The van der Waals surface area contributed by atoms with E-state index in [1.807, 2.05) is 6.92 Å². The number of sulfonamides is 1. The normalized spacial score (nSPS) is 11.9. The van der Waals surface area contributed by atoms with Crippen molar-refractivity contribution in [3.05, 3.63) is 18.2 Å². The average molecular weight is 241 g/mol. The van der Waals surface area contributed by atoms with E-state index in [-0.39, 0.29) is 5.16 Å². The summed E-state index contributed by atoms with van der Waals surface area (Å²) in [7, 11) is -3.80. The summed E-state index contributed by atoms with van der Waals surface area (Å²) in [5, 5.41) is 4.72. The van der Waals surface area contributed by atoms with Gasteiger partial charge in [0.25, 0.3) is 10.0 Å². The van der Waals surface area contributed by atoms with Gasteiger partial charge in [-0.2, -0.15) is 0 Å². The molecular formula is C9H11N3O3S. The Hall–Kier alpha value is -1.60. The predicted octanol–water partition coefficient (Wildman–Crippen LogP) is 0.609. The van der Waals surface area contributed by atoms with E-state index in [4.69, 9.17) is 9.88 Å². The number of nitrogens with one attached hydrogen (secondary N) is 1. The van der Waals surface area contributed by atoms with Crippen molar-refractivity contribution < 1.29 is 13.2 Å². The molecule has 16 heavy (non-hydrogen) atoms. The zero-order valence-corrected chi connectivity index (χ0v) is 9.41. The fourth-order valence-corrected chi connectivity index (χ4v) is 1.83. The summed E-state index contributed by atoms with van der Waals surface area (Å²) in [6, 6.07) is 5.08. The Morgan fingerprint density at radius 3 is 2.88 bits per heavy atom. The van der Waals surface area contributed by atoms with Crippen LogP contribution in [0.2, 0.25) is 0 Å². The Balaban J connectivity index is 2.54. The van der Waals surface area contributed by atoms with E-state index in [0.29, 0.717) is 23.4 Å². The Labute approximate surface area is 92.5 Å². The fraction of sp³-hybridized carbons (Fsp3) is 0.222. The number of hydrogen-bond acceptors (Lipinski definition) is 4. The van der Waals surface area contributed by atoms with Gasteiger partial charge in [-0.1, -0.05) is 0 Å². The Bertz CT molecular complexity index is 618. The molecule has 0 fully saturated rings. The third-order valence-corrected chi connectivity index (χ3v) is 2.74. The molecule has 1 heterocycles. The van der Waals surface area contributed by atoms with Gasteiger partial charge in [0.05, 0.1) is 17.6 Å². The van der Waals surface area contributed by atoms with Gasteiger partial charge in [0.15, 0.2) is 0 Å². The lowest BCUT2D eigenvalue weighted by Gasteiger charge is -2.00. The number of ether oxygens (including phenoxy) is 1. The third kappa shape index (κ3) is 2.00. The molecule has 0 amide bonds. The van der Waals surface area contributed by atoms with Crippen LogP contribution in [0.25, 0.3) is 11.0 Å². The molecule has 0 radical (unpaired) electrons. The van der Waals surface area contributed by atoms with Crippen LogP contribution in [-0.4, -0.2) is 25.0 Å². The number of fused-ring (bicyclic) bond motifs is 1. The molecule has 0 atom stereocenters. The standard InChI is InChI=1S/C9H11N3O3S/c1-2-15-6-3-4-7-8(5-6)12-9(11-7)16(10,13)14/h3-5H,2H2,1H3,(H,11,12)(H2,10,13,14). The van der Waals surface area contributed by atoms with E-state index in [1.54, 1.807) is 18.2 Å². The minimum atomic E-state index is -3.80. The van der Waals surface area contributed by atoms with Gasteiger partial charge in [-0.15, -0.1) is 0 Å². The van der Waals surface area contributed by atoms with E-state index >= 15 is 0 Å². The summed E-state index contributed by atoms with van der Waals surface area (Å²) < 4.78 is 27.4. The Kier molecular flexibility index (Phi) is 2.56. The number of rotatable bonds is 3. The largest absolute Gasteiger partial charge is 0.494 e. The van der Waals surface area contributed by atoms with E-state index in [1.165, 1.54) is 0 Å². The number of aromatic nitrogens is 2. The first-order valence-corrected chi connectivity index (χ1v) is 6.20. The fourth-order valence-electron chi connectivity index (χ4n) is 1.36. The molecule has 6 nitrogen and oxygen atoms in total. The van der Waals surface area contributed by atoms with Crippen LogP contribution >= 0.6 is 0 Å². The highest BCUT2D eigenvalue weighted by Gasteiger charge is 2.13. The monoisotopic (exact) mass is 241 g/mol. The maximum atomic E-state index is 11.1. The van der Waals surface area contributed by atoms with Crippen LogP contribution in [0.1, 0.15) is 6.92 Å². The number of aromatic amines is 1. The molecule has 1 aromatic carbocycles. The number of H-pyrrole nitrogens is 1. The van der Waals surface area contributed by atoms with E-state index < -0.39 is 10.0 Å². The molecule has 0 aliphatic heterocycles. The van der Waals surface area contributed by atoms with Crippen LogP contribution < -0.4 is 9.88 Å². The number of nitrogens with zero attached hydrogens (tertiary/aromatic N) is 1. The van der Waals surface area contributed by atoms with Gasteiger partial charge in [-0.25, -0.2) is 18.5 Å². The van der Waals surface area contributed by atoms with Crippen molar-refractivity contribution >= 4 is 21.1 Å². The topological polar surface area (TPSA) is 98.1 Å². The predicted molar refractivity (Wildman–Crippen MR) is 58.6 cm³/mol. The first-order chi connectivity index (χ1) is 7.50. The van der Waals surface area contributed by atoms with Gasteiger partial charge in [0.2, 0.25) is 5.16 Å². The zero-order valence-electron chi connectivity index (χ0n) is 8.60. The van der Waals surface area contributed by atoms with Gasteiger partial charge >= 0.3 is 0 Å². The Morgan fingerprint density at radius 2 is 2.25 bits per heavy atom. The summed E-state index contributed by atoms with van der Waals surface area (Å²) in [6.07, 6.45) is 0. The van der Waals surface area contributed by atoms with E-state index in [2.05, 4.69) is 9.97 Å². The van der Waals surface area contributed by atoms with Crippen LogP contribution in [0.4, 0.5) is 0 Å². The maximum Gasteiger partial charge on any atom is 0.271 e. The lowest BCUT2D eigenvalue weighted by atomic mass is 10.3. The molecule has 7 heteroatoms. The molecule has 2 aromatic rings. The van der Waals surface area contributed by atoms with E-state index in [9.17, 15) is 8.42 Å². The summed E-state index contributed by atoms with van der Waals surface area (Å²) >= 11 is 0. The molecule has 0 spiro atoms.